The summed E-state index contributed by atoms with van der Waals surface area (Å²) in [5.41, 5.74) is 0.630. The molecule has 1 atom stereocenters. The first kappa shape index (κ1) is 20.8. The number of carbonyl (C=O) groups excluding carboxylic acids is 2. The second-order valence-corrected chi connectivity index (χ2v) is 8.35. The van der Waals surface area contributed by atoms with Crippen molar-refractivity contribution in [1.82, 2.24) is 10.0 Å². The number of benzene rings is 2. The molecule has 1 saturated heterocycles. The van der Waals surface area contributed by atoms with Crippen LogP contribution in [0.1, 0.15) is 6.42 Å². The van der Waals surface area contributed by atoms with Crippen LogP contribution in [0.2, 0.25) is 0 Å². The minimum absolute atomic E-state index is 0.0554. The van der Waals surface area contributed by atoms with Crippen LogP contribution in [0.15, 0.2) is 59.5 Å². The number of nitrogens with zero attached hydrogens (tertiary/aromatic N) is 1. The summed E-state index contributed by atoms with van der Waals surface area (Å²) >= 11 is 0. The van der Waals surface area contributed by atoms with Crippen LogP contribution in [0.3, 0.4) is 0 Å². The van der Waals surface area contributed by atoms with Crippen molar-refractivity contribution in [1.29, 1.82) is 0 Å². The predicted molar refractivity (Wildman–Crippen MR) is 108 cm³/mol. The molecule has 2 N–H and O–H groups in total. The summed E-state index contributed by atoms with van der Waals surface area (Å²) < 4.78 is 32.0. The fourth-order valence-electron chi connectivity index (χ4n) is 3.17. The van der Waals surface area contributed by atoms with Crippen molar-refractivity contribution in [3.05, 3.63) is 54.6 Å². The molecule has 0 aromatic heterocycles. The van der Waals surface area contributed by atoms with Gasteiger partial charge in [0.05, 0.1) is 23.6 Å². The molecule has 9 heteroatoms. The summed E-state index contributed by atoms with van der Waals surface area (Å²) in [5.74, 6) is -0.371. The van der Waals surface area contributed by atoms with E-state index in [1.54, 1.807) is 41.3 Å². The van der Waals surface area contributed by atoms with Gasteiger partial charge in [-0.25, -0.2) is 13.1 Å². The molecule has 154 valence electrons. The Hall–Kier alpha value is -2.91. The summed E-state index contributed by atoms with van der Waals surface area (Å²) in [6, 6.07) is 15.2. The molecule has 8 nitrogen and oxygen atoms in total. The molecule has 0 spiro atoms. The third-order valence-corrected chi connectivity index (χ3v) is 6.12. The zero-order valence-corrected chi connectivity index (χ0v) is 16.8. The lowest BCUT2D eigenvalue weighted by Crippen LogP contribution is -2.38. The maximum absolute atomic E-state index is 12.4. The molecule has 2 amide bonds. The third-order valence-electron chi connectivity index (χ3n) is 4.64. The second-order valence-electron chi connectivity index (χ2n) is 6.58. The van der Waals surface area contributed by atoms with Crippen molar-refractivity contribution in [2.24, 2.45) is 5.92 Å². The highest BCUT2D eigenvalue weighted by atomic mass is 32.2. The van der Waals surface area contributed by atoms with E-state index < -0.39 is 15.9 Å². The molecule has 29 heavy (non-hydrogen) atoms. The van der Waals surface area contributed by atoms with Crippen LogP contribution in [0.5, 0.6) is 5.75 Å². The highest BCUT2D eigenvalue weighted by Gasteiger charge is 2.36. The number of para-hydroxylation sites is 2. The van der Waals surface area contributed by atoms with Gasteiger partial charge in [0.15, 0.2) is 0 Å². The lowest BCUT2D eigenvalue weighted by Gasteiger charge is -2.19. The fourth-order valence-corrected chi connectivity index (χ4v) is 4.22. The van der Waals surface area contributed by atoms with Gasteiger partial charge in [-0.2, -0.15) is 0 Å². The number of carbonyl (C=O) groups is 2. The van der Waals surface area contributed by atoms with Crippen molar-refractivity contribution in [2.45, 2.75) is 11.3 Å². The molecule has 0 radical (unpaired) electrons. The van der Waals surface area contributed by atoms with Crippen molar-refractivity contribution in [3.8, 4) is 5.75 Å². The average molecular weight is 417 g/mol. The smallest absolute Gasteiger partial charge is 0.240 e. The number of sulfonamides is 1. The minimum atomic E-state index is -3.62. The van der Waals surface area contributed by atoms with E-state index in [1.807, 2.05) is 6.07 Å². The van der Waals surface area contributed by atoms with E-state index in [2.05, 4.69) is 10.0 Å². The van der Waals surface area contributed by atoms with Crippen LogP contribution >= 0.6 is 0 Å². The van der Waals surface area contributed by atoms with Crippen LogP contribution < -0.4 is 19.7 Å². The van der Waals surface area contributed by atoms with Crippen molar-refractivity contribution < 1.29 is 22.7 Å². The fraction of sp³-hybridized carbons (Fsp3) is 0.300. The Kier molecular flexibility index (Phi) is 6.50. The lowest BCUT2D eigenvalue weighted by molar-refractivity contribution is -0.126. The monoisotopic (exact) mass is 417 g/mol. The standard InChI is InChI=1S/C20H23N3O5S/c1-28-18-10-6-5-9-17(18)23-14-15(13-19(23)24)20(25)21-11-12-22-29(26,27)16-7-3-2-4-8-16/h2-10,15,22H,11-14H2,1H3,(H,21,25)/t15-/m1/s1. The van der Waals surface area contributed by atoms with Crippen LogP contribution in [0, 0.1) is 5.92 Å². The average Bonchev–Trinajstić information content (AvgIpc) is 3.13. The first-order valence-corrected chi connectivity index (χ1v) is 10.7. The van der Waals surface area contributed by atoms with Gasteiger partial charge in [0.2, 0.25) is 21.8 Å². The van der Waals surface area contributed by atoms with Gasteiger partial charge in [0.1, 0.15) is 5.75 Å². The van der Waals surface area contributed by atoms with Gasteiger partial charge in [0, 0.05) is 26.1 Å². The molecular formula is C20H23N3O5S. The molecule has 1 fully saturated rings. The van der Waals surface area contributed by atoms with Gasteiger partial charge in [-0.15, -0.1) is 0 Å². The number of nitrogens with one attached hydrogen (secondary N) is 2. The number of hydrogen-bond donors (Lipinski definition) is 2. The van der Waals surface area contributed by atoms with E-state index in [9.17, 15) is 18.0 Å². The zero-order chi connectivity index (χ0) is 20.9. The Morgan fingerprint density at radius 1 is 1.10 bits per heavy atom. The van der Waals surface area contributed by atoms with E-state index in [4.69, 9.17) is 4.74 Å². The minimum Gasteiger partial charge on any atom is -0.495 e. The van der Waals surface area contributed by atoms with Gasteiger partial charge in [-0.3, -0.25) is 9.59 Å². The predicted octanol–water partition coefficient (Wildman–Crippen LogP) is 1.14. The van der Waals surface area contributed by atoms with Crippen LogP contribution in [-0.2, 0) is 19.6 Å². The molecule has 1 heterocycles. The summed E-state index contributed by atoms with van der Waals surface area (Å²) in [6.45, 7) is 0.435. The van der Waals surface area contributed by atoms with Gasteiger partial charge >= 0.3 is 0 Å². The van der Waals surface area contributed by atoms with Crippen molar-refractivity contribution in [2.75, 3.05) is 31.6 Å². The highest BCUT2D eigenvalue weighted by molar-refractivity contribution is 7.89. The Labute approximate surface area is 169 Å². The Balaban J connectivity index is 1.51. The SMILES string of the molecule is COc1ccccc1N1C[C@H](C(=O)NCCNS(=O)(=O)c2ccccc2)CC1=O. The van der Waals surface area contributed by atoms with E-state index >= 15 is 0 Å². The number of hydrogen-bond acceptors (Lipinski definition) is 5. The molecule has 0 aliphatic carbocycles. The molecule has 0 bridgehead atoms. The normalized spacial score (nSPS) is 16.7. The maximum Gasteiger partial charge on any atom is 0.240 e. The van der Waals surface area contributed by atoms with Crippen molar-refractivity contribution in [3.63, 3.8) is 0 Å². The molecular weight excluding hydrogens is 394 g/mol. The second kappa shape index (κ2) is 9.06. The molecule has 3 rings (SSSR count). The lowest BCUT2D eigenvalue weighted by atomic mass is 10.1. The number of ether oxygens (including phenoxy) is 1. The Bertz CT molecular complexity index is 979. The molecule has 1 aliphatic heterocycles. The van der Waals surface area contributed by atoms with E-state index in [0.717, 1.165) is 0 Å². The summed E-state index contributed by atoms with van der Waals surface area (Å²) in [6.07, 6.45) is 0.0968. The first-order valence-electron chi connectivity index (χ1n) is 9.18. The summed E-state index contributed by atoms with van der Waals surface area (Å²) in [7, 11) is -2.09. The zero-order valence-electron chi connectivity index (χ0n) is 16.0. The van der Waals surface area contributed by atoms with Crippen molar-refractivity contribution >= 4 is 27.5 Å². The number of amides is 2. The molecule has 2 aromatic rings. The number of rotatable bonds is 8. The largest absolute Gasteiger partial charge is 0.495 e. The van der Waals surface area contributed by atoms with E-state index in [0.29, 0.717) is 11.4 Å². The van der Waals surface area contributed by atoms with Crippen LogP contribution in [0.25, 0.3) is 0 Å². The summed E-state index contributed by atoms with van der Waals surface area (Å²) in [5, 5.41) is 2.69. The highest BCUT2D eigenvalue weighted by Crippen LogP contribution is 2.32. The molecule has 1 aliphatic rings. The molecule has 0 unspecified atom stereocenters. The van der Waals surface area contributed by atoms with E-state index in [1.165, 1.54) is 19.2 Å². The van der Waals surface area contributed by atoms with Gasteiger partial charge in [0.25, 0.3) is 0 Å². The quantitative estimate of drug-likeness (QED) is 0.627. The summed E-state index contributed by atoms with van der Waals surface area (Å²) in [4.78, 5) is 26.5. The van der Waals surface area contributed by atoms with E-state index in [-0.39, 0.29) is 42.8 Å². The topological polar surface area (TPSA) is 105 Å². The number of anilines is 1. The third kappa shape index (κ3) is 4.93. The number of methoxy groups -OCH3 is 1. The van der Waals surface area contributed by atoms with Gasteiger partial charge in [-0.1, -0.05) is 30.3 Å². The Morgan fingerprint density at radius 3 is 2.52 bits per heavy atom. The van der Waals surface area contributed by atoms with Crippen LogP contribution in [-0.4, -0.2) is 47.0 Å². The van der Waals surface area contributed by atoms with Crippen LogP contribution in [0.4, 0.5) is 5.69 Å². The molecule has 2 aromatic carbocycles. The first-order chi connectivity index (χ1) is 13.9. The Morgan fingerprint density at radius 2 is 1.79 bits per heavy atom. The molecule has 0 saturated carbocycles. The maximum atomic E-state index is 12.4. The van der Waals surface area contributed by atoms with Gasteiger partial charge in [-0.05, 0) is 24.3 Å². The van der Waals surface area contributed by atoms with Gasteiger partial charge < -0.3 is 15.0 Å².